The second kappa shape index (κ2) is 8.41. The van der Waals surface area contributed by atoms with E-state index in [4.69, 9.17) is 9.47 Å². The molecule has 2 aliphatic rings. The number of carbonyl (C=O) groups is 3. The molecular weight excluding hydrogens is 396 g/mol. The summed E-state index contributed by atoms with van der Waals surface area (Å²) in [5.41, 5.74) is 2.89. The van der Waals surface area contributed by atoms with Gasteiger partial charge in [-0.3, -0.25) is 19.3 Å². The molecule has 0 bridgehead atoms. The van der Waals surface area contributed by atoms with Gasteiger partial charge in [0.1, 0.15) is 17.5 Å². The van der Waals surface area contributed by atoms with Crippen LogP contribution in [0.2, 0.25) is 0 Å². The monoisotopic (exact) mass is 422 g/mol. The minimum Gasteiger partial charge on any atom is -0.485 e. The lowest BCUT2D eigenvalue weighted by Gasteiger charge is -2.33. The molecule has 0 radical (unpaired) electrons. The van der Waals surface area contributed by atoms with E-state index < -0.39 is 6.04 Å². The van der Waals surface area contributed by atoms with Gasteiger partial charge in [0, 0.05) is 11.6 Å². The second-order valence-electron chi connectivity index (χ2n) is 8.17. The number of rotatable bonds is 7. The lowest BCUT2D eigenvalue weighted by atomic mass is 10.1. The Morgan fingerprint density at radius 2 is 1.97 bits per heavy atom. The summed E-state index contributed by atoms with van der Waals surface area (Å²) in [6.45, 7) is 5.34. The highest BCUT2D eigenvalue weighted by atomic mass is 16.5. The van der Waals surface area contributed by atoms with Crippen LogP contribution in [0.15, 0.2) is 36.4 Å². The van der Waals surface area contributed by atoms with E-state index in [9.17, 15) is 14.4 Å². The number of benzene rings is 2. The third-order valence-electron chi connectivity index (χ3n) is 5.54. The van der Waals surface area contributed by atoms with Gasteiger partial charge in [-0.15, -0.1) is 0 Å². The topological polar surface area (TPSA) is 84.9 Å². The molecule has 2 amide bonds. The van der Waals surface area contributed by atoms with Crippen LogP contribution in [-0.4, -0.2) is 42.9 Å². The van der Waals surface area contributed by atoms with E-state index in [1.54, 1.807) is 25.1 Å². The Kier molecular flexibility index (Phi) is 5.67. The summed E-state index contributed by atoms with van der Waals surface area (Å²) in [5, 5.41) is 2.93. The molecule has 1 heterocycles. The van der Waals surface area contributed by atoms with Gasteiger partial charge in [0.05, 0.1) is 5.69 Å². The molecular formula is C24H26N2O5. The molecule has 7 heteroatoms. The van der Waals surface area contributed by atoms with Gasteiger partial charge in [0.25, 0.3) is 5.91 Å². The lowest BCUT2D eigenvalue weighted by Crippen LogP contribution is -2.51. The SMILES string of the molecule is Cc1ccc(OCC(=O)c2ccc3c(c2)N(C(C)C(=O)NC2CC2)C(=O)CO3)c(C)c1. The molecule has 2 aromatic rings. The van der Waals surface area contributed by atoms with Crippen molar-refractivity contribution in [2.45, 2.75) is 45.7 Å². The number of carbonyl (C=O) groups excluding carboxylic acids is 3. The number of hydrogen-bond donors (Lipinski definition) is 1. The van der Waals surface area contributed by atoms with Gasteiger partial charge in [0.2, 0.25) is 5.91 Å². The van der Waals surface area contributed by atoms with Crippen molar-refractivity contribution in [1.29, 1.82) is 0 Å². The first-order chi connectivity index (χ1) is 14.8. The number of ether oxygens (including phenoxy) is 2. The van der Waals surface area contributed by atoms with Crippen molar-refractivity contribution in [1.82, 2.24) is 5.32 Å². The Bertz CT molecular complexity index is 1040. The summed E-state index contributed by atoms with van der Waals surface area (Å²) in [4.78, 5) is 39.3. The van der Waals surface area contributed by atoms with Gasteiger partial charge in [-0.2, -0.15) is 0 Å². The predicted octanol–water partition coefficient (Wildman–Crippen LogP) is 2.96. The van der Waals surface area contributed by atoms with E-state index in [2.05, 4.69) is 5.32 Å². The Hall–Kier alpha value is -3.35. The summed E-state index contributed by atoms with van der Waals surface area (Å²) in [7, 11) is 0. The number of Topliss-reactive ketones (excluding diaryl/α,β-unsaturated/α-hetero) is 1. The van der Waals surface area contributed by atoms with Crippen LogP contribution in [0.3, 0.4) is 0 Å². The number of hydrogen-bond acceptors (Lipinski definition) is 5. The fourth-order valence-corrected chi connectivity index (χ4v) is 3.62. The maximum Gasteiger partial charge on any atom is 0.265 e. The second-order valence-corrected chi connectivity index (χ2v) is 8.17. The van der Waals surface area contributed by atoms with Crippen molar-refractivity contribution in [3.05, 3.63) is 53.1 Å². The number of amides is 2. The highest BCUT2D eigenvalue weighted by Gasteiger charge is 2.35. The van der Waals surface area contributed by atoms with E-state index in [1.807, 2.05) is 32.0 Å². The molecule has 1 fully saturated rings. The summed E-state index contributed by atoms with van der Waals surface area (Å²) < 4.78 is 11.2. The normalized spacial score (nSPS) is 16.2. The van der Waals surface area contributed by atoms with Crippen LogP contribution < -0.4 is 19.7 Å². The van der Waals surface area contributed by atoms with Gasteiger partial charge in [-0.05, 0) is 63.4 Å². The molecule has 0 aromatic heterocycles. The van der Waals surface area contributed by atoms with Crippen LogP contribution in [-0.2, 0) is 9.59 Å². The van der Waals surface area contributed by atoms with Crippen LogP contribution in [0.1, 0.15) is 41.3 Å². The van der Waals surface area contributed by atoms with Gasteiger partial charge < -0.3 is 14.8 Å². The minimum absolute atomic E-state index is 0.130. The number of nitrogens with zero attached hydrogens (tertiary/aromatic N) is 1. The number of aryl methyl sites for hydroxylation is 2. The van der Waals surface area contributed by atoms with Gasteiger partial charge in [-0.1, -0.05) is 17.7 Å². The van der Waals surface area contributed by atoms with Crippen LogP contribution >= 0.6 is 0 Å². The highest BCUT2D eigenvalue weighted by Crippen LogP contribution is 2.35. The summed E-state index contributed by atoms with van der Waals surface area (Å²) in [6, 6.07) is 10.2. The fourth-order valence-electron chi connectivity index (χ4n) is 3.62. The van der Waals surface area contributed by atoms with Crippen LogP contribution in [0.5, 0.6) is 11.5 Å². The van der Waals surface area contributed by atoms with E-state index in [0.717, 1.165) is 24.0 Å². The number of fused-ring (bicyclic) bond motifs is 1. The first kappa shape index (κ1) is 20.9. The van der Waals surface area contributed by atoms with E-state index in [-0.39, 0.29) is 36.9 Å². The van der Waals surface area contributed by atoms with Crippen molar-refractivity contribution in [3.63, 3.8) is 0 Å². The van der Waals surface area contributed by atoms with Crippen molar-refractivity contribution >= 4 is 23.3 Å². The van der Waals surface area contributed by atoms with Gasteiger partial charge >= 0.3 is 0 Å². The zero-order valence-electron chi connectivity index (χ0n) is 17.9. The molecule has 7 nitrogen and oxygen atoms in total. The summed E-state index contributed by atoms with van der Waals surface area (Å²) >= 11 is 0. The summed E-state index contributed by atoms with van der Waals surface area (Å²) in [6.07, 6.45) is 1.93. The van der Waals surface area contributed by atoms with E-state index >= 15 is 0 Å². The molecule has 1 aliphatic carbocycles. The quantitative estimate of drug-likeness (QED) is 0.694. The minimum atomic E-state index is -0.701. The smallest absolute Gasteiger partial charge is 0.265 e. The van der Waals surface area contributed by atoms with Crippen LogP contribution in [0.4, 0.5) is 5.69 Å². The van der Waals surface area contributed by atoms with Crippen LogP contribution in [0.25, 0.3) is 0 Å². The molecule has 1 saturated carbocycles. The fraction of sp³-hybridized carbons (Fsp3) is 0.375. The van der Waals surface area contributed by atoms with Gasteiger partial charge in [0.15, 0.2) is 19.0 Å². The van der Waals surface area contributed by atoms with E-state index in [0.29, 0.717) is 22.7 Å². The molecule has 162 valence electrons. The maximum absolute atomic E-state index is 12.8. The third-order valence-corrected chi connectivity index (χ3v) is 5.54. The van der Waals surface area contributed by atoms with Crippen molar-refractivity contribution in [2.24, 2.45) is 0 Å². The zero-order valence-corrected chi connectivity index (χ0v) is 17.9. The van der Waals surface area contributed by atoms with Crippen molar-refractivity contribution in [3.8, 4) is 11.5 Å². The largest absolute Gasteiger partial charge is 0.485 e. The van der Waals surface area contributed by atoms with Crippen molar-refractivity contribution < 1.29 is 23.9 Å². The molecule has 1 aliphatic heterocycles. The van der Waals surface area contributed by atoms with Crippen molar-refractivity contribution in [2.75, 3.05) is 18.1 Å². The molecule has 0 spiro atoms. The lowest BCUT2D eigenvalue weighted by molar-refractivity contribution is -0.127. The number of ketones is 1. The molecule has 31 heavy (non-hydrogen) atoms. The molecule has 0 saturated heterocycles. The average molecular weight is 422 g/mol. The average Bonchev–Trinajstić information content (AvgIpc) is 3.56. The molecule has 1 N–H and O–H groups in total. The predicted molar refractivity (Wildman–Crippen MR) is 116 cm³/mol. The highest BCUT2D eigenvalue weighted by molar-refractivity contribution is 6.06. The maximum atomic E-state index is 12.8. The summed E-state index contributed by atoms with van der Waals surface area (Å²) in [5.74, 6) is 0.372. The Labute approximate surface area is 181 Å². The molecule has 1 unspecified atom stereocenters. The number of nitrogens with one attached hydrogen (secondary N) is 1. The molecule has 2 aromatic carbocycles. The van der Waals surface area contributed by atoms with Gasteiger partial charge in [-0.25, -0.2) is 0 Å². The number of anilines is 1. The first-order valence-electron chi connectivity index (χ1n) is 10.5. The Balaban J connectivity index is 1.52. The van der Waals surface area contributed by atoms with Crippen LogP contribution in [0, 0.1) is 13.8 Å². The first-order valence-corrected chi connectivity index (χ1v) is 10.5. The third kappa shape index (κ3) is 4.55. The standard InChI is InChI=1S/C24H26N2O5/c1-14-4-8-21(15(2)10-14)30-12-20(27)17-5-9-22-19(11-17)26(23(28)13-31-22)16(3)24(29)25-18-6-7-18/h4-5,8-11,16,18H,6-7,12-13H2,1-3H3,(H,25,29). The molecule has 1 atom stereocenters. The Morgan fingerprint density at radius 1 is 1.19 bits per heavy atom. The Morgan fingerprint density at radius 3 is 2.68 bits per heavy atom. The zero-order chi connectivity index (χ0) is 22.1. The molecule has 4 rings (SSSR count). The van der Waals surface area contributed by atoms with E-state index in [1.165, 1.54) is 4.90 Å².